The second-order valence-electron chi connectivity index (χ2n) is 6.03. The molecule has 0 N–H and O–H groups in total. The Kier molecular flexibility index (Phi) is 21.0. The average Bonchev–Trinajstić information content (AvgIpc) is 3.18. The van der Waals surface area contributed by atoms with E-state index in [1.807, 2.05) is 0 Å². The van der Waals surface area contributed by atoms with E-state index < -0.39 is 0 Å². The smallest absolute Gasteiger partial charge is 1.00 e. The SMILES string of the molecule is CCC.C[Si].Cc1cc2ccccc2[cH-]1.Cc1cc2ccccc2[cH-]1.[Cl-].[Cl-].[Zr+4]. The maximum absolute atomic E-state index is 2.97. The van der Waals surface area contributed by atoms with Crippen LogP contribution in [0.3, 0.4) is 0 Å². The minimum atomic E-state index is 0. The molecule has 0 aliphatic heterocycles. The fraction of sp³-hybridized carbons (Fsp3) is 0.250. The van der Waals surface area contributed by atoms with E-state index >= 15 is 0 Å². The van der Waals surface area contributed by atoms with Crippen LogP contribution in [0, 0.1) is 13.8 Å². The van der Waals surface area contributed by atoms with Crippen LogP contribution in [0.1, 0.15) is 31.4 Å². The third-order valence-electron chi connectivity index (χ3n) is 3.52. The fourth-order valence-corrected chi connectivity index (χ4v) is 2.61. The molecular formula is C24H29Cl2SiZr. The Morgan fingerprint density at radius 1 is 0.679 bits per heavy atom. The molecule has 0 spiro atoms. The number of halogens is 2. The van der Waals surface area contributed by atoms with Crippen molar-refractivity contribution in [3.05, 3.63) is 83.9 Å². The van der Waals surface area contributed by atoms with E-state index in [2.05, 4.69) is 111 Å². The van der Waals surface area contributed by atoms with E-state index in [1.54, 1.807) is 6.55 Å². The predicted octanol–water partition coefficient (Wildman–Crippen LogP) is 1.36. The topological polar surface area (TPSA) is 0 Å². The number of hydrogen-bond donors (Lipinski definition) is 0. The molecule has 0 amide bonds. The minimum absolute atomic E-state index is 0. The Morgan fingerprint density at radius 3 is 1.25 bits per heavy atom. The Morgan fingerprint density at radius 2 is 0.964 bits per heavy atom. The molecule has 147 valence electrons. The first-order valence-corrected chi connectivity index (χ1v) is 9.88. The molecule has 0 saturated heterocycles. The van der Waals surface area contributed by atoms with Gasteiger partial charge in [0.1, 0.15) is 0 Å². The quantitative estimate of drug-likeness (QED) is 0.249. The standard InChI is InChI=1S/2C10H9.C3H8.CH3Si.2ClH.Zr/c2*1-8-6-9-4-2-3-5-10(9)7-8;1-3-2;1-2;;;/h2*2-7H,1H3;3H2,1-2H3;1H3;2*1H;/q2*-1;;;;;+4/p-2. The van der Waals surface area contributed by atoms with E-state index in [9.17, 15) is 0 Å². The van der Waals surface area contributed by atoms with Gasteiger partial charge in [0.2, 0.25) is 0 Å². The summed E-state index contributed by atoms with van der Waals surface area (Å²) in [5, 5.41) is 5.39. The maximum Gasteiger partial charge on any atom is 4.00 e. The zero-order chi connectivity index (χ0) is 18.7. The summed E-state index contributed by atoms with van der Waals surface area (Å²) >= 11 is 0. The Balaban J connectivity index is -0.000000335. The Bertz CT molecular complexity index is 727. The van der Waals surface area contributed by atoms with E-state index in [0.717, 1.165) is 0 Å². The summed E-state index contributed by atoms with van der Waals surface area (Å²) in [6, 6.07) is 25.7. The van der Waals surface area contributed by atoms with Crippen molar-refractivity contribution in [1.29, 1.82) is 0 Å². The van der Waals surface area contributed by atoms with Gasteiger partial charge < -0.3 is 24.8 Å². The number of benzene rings is 2. The summed E-state index contributed by atoms with van der Waals surface area (Å²) in [5.41, 5.74) is 2.70. The molecule has 4 aromatic rings. The summed E-state index contributed by atoms with van der Waals surface area (Å²) in [5.74, 6) is 0. The molecule has 0 saturated carbocycles. The minimum Gasteiger partial charge on any atom is -1.00 e. The van der Waals surface area contributed by atoms with Crippen LogP contribution >= 0.6 is 0 Å². The molecule has 0 unspecified atom stereocenters. The zero-order valence-electron chi connectivity index (χ0n) is 17.4. The van der Waals surface area contributed by atoms with E-state index in [0.29, 0.717) is 0 Å². The van der Waals surface area contributed by atoms with Crippen molar-refractivity contribution in [2.24, 2.45) is 0 Å². The average molecular weight is 508 g/mol. The van der Waals surface area contributed by atoms with Gasteiger partial charge in [-0.2, -0.15) is 12.1 Å². The molecule has 4 rings (SSSR count). The van der Waals surface area contributed by atoms with Crippen LogP contribution in [0.5, 0.6) is 0 Å². The maximum atomic E-state index is 2.97. The van der Waals surface area contributed by atoms with Gasteiger partial charge in [0, 0.05) is 10.2 Å². The van der Waals surface area contributed by atoms with E-state index in [-0.39, 0.29) is 51.0 Å². The third-order valence-corrected chi connectivity index (χ3v) is 3.52. The molecule has 4 heteroatoms. The van der Waals surface area contributed by atoms with Crippen molar-refractivity contribution in [3.8, 4) is 0 Å². The Labute approximate surface area is 206 Å². The number of fused-ring (bicyclic) bond motifs is 2. The van der Waals surface area contributed by atoms with Crippen molar-refractivity contribution < 1.29 is 51.0 Å². The molecule has 0 nitrogen and oxygen atoms in total. The van der Waals surface area contributed by atoms with Crippen molar-refractivity contribution >= 4 is 31.8 Å². The van der Waals surface area contributed by atoms with Gasteiger partial charge in [-0.05, 0) is 0 Å². The van der Waals surface area contributed by atoms with Crippen LogP contribution in [0.25, 0.3) is 21.5 Å². The molecular weight excluding hydrogens is 478 g/mol. The molecule has 0 fully saturated rings. The van der Waals surface area contributed by atoms with Gasteiger partial charge in [-0.15, -0.1) is 81.2 Å². The second-order valence-corrected chi connectivity index (χ2v) is 6.03. The van der Waals surface area contributed by atoms with Gasteiger partial charge >= 0.3 is 26.2 Å². The van der Waals surface area contributed by atoms with Crippen LogP contribution in [0.4, 0.5) is 0 Å². The van der Waals surface area contributed by atoms with Gasteiger partial charge in [-0.25, -0.2) is 0 Å². The van der Waals surface area contributed by atoms with Crippen molar-refractivity contribution in [3.63, 3.8) is 0 Å². The number of aryl methyl sites for hydroxylation is 2. The third kappa shape index (κ3) is 10.8. The largest absolute Gasteiger partial charge is 4.00 e. The summed E-state index contributed by atoms with van der Waals surface area (Å²) in [6.45, 7) is 10.3. The zero-order valence-corrected chi connectivity index (χ0v) is 22.4. The van der Waals surface area contributed by atoms with Gasteiger partial charge in [0.15, 0.2) is 0 Å². The molecule has 0 aliphatic rings. The van der Waals surface area contributed by atoms with E-state index in [1.165, 1.54) is 39.1 Å². The molecule has 0 aromatic heterocycles. The van der Waals surface area contributed by atoms with Gasteiger partial charge in [-0.1, -0.05) is 52.8 Å². The summed E-state index contributed by atoms with van der Waals surface area (Å²) in [6.07, 6.45) is 1.25. The molecule has 3 radical (unpaired) electrons. The monoisotopic (exact) mass is 505 g/mol. The summed E-state index contributed by atoms with van der Waals surface area (Å²) < 4.78 is 0. The van der Waals surface area contributed by atoms with Crippen LogP contribution in [-0.4, -0.2) is 10.2 Å². The molecule has 0 bridgehead atoms. The second kappa shape index (κ2) is 18.4. The predicted molar refractivity (Wildman–Crippen MR) is 116 cm³/mol. The van der Waals surface area contributed by atoms with Gasteiger partial charge in [0.05, 0.1) is 0 Å². The molecule has 0 atom stereocenters. The van der Waals surface area contributed by atoms with Crippen LogP contribution in [-0.2, 0) is 26.2 Å². The van der Waals surface area contributed by atoms with Crippen molar-refractivity contribution in [1.82, 2.24) is 0 Å². The Hall–Kier alpha value is -0.660. The number of hydrogen-bond acceptors (Lipinski definition) is 0. The van der Waals surface area contributed by atoms with Crippen LogP contribution in [0.15, 0.2) is 72.8 Å². The van der Waals surface area contributed by atoms with E-state index in [4.69, 9.17) is 0 Å². The first kappa shape index (κ1) is 32.0. The normalized spacial score (nSPS) is 8.36. The molecule has 28 heavy (non-hydrogen) atoms. The number of rotatable bonds is 0. The first-order chi connectivity index (χ1) is 12.1. The molecule has 4 aromatic carbocycles. The van der Waals surface area contributed by atoms with Crippen LogP contribution in [0.2, 0.25) is 6.55 Å². The van der Waals surface area contributed by atoms with Crippen LogP contribution < -0.4 is 24.8 Å². The van der Waals surface area contributed by atoms with Gasteiger partial charge in [0.25, 0.3) is 0 Å². The van der Waals surface area contributed by atoms with Gasteiger partial charge in [-0.3, -0.25) is 0 Å². The summed E-state index contributed by atoms with van der Waals surface area (Å²) in [4.78, 5) is 0. The van der Waals surface area contributed by atoms with Crippen molar-refractivity contribution in [2.75, 3.05) is 0 Å². The summed E-state index contributed by atoms with van der Waals surface area (Å²) in [7, 11) is 2.97. The van der Waals surface area contributed by atoms with Crippen molar-refractivity contribution in [2.45, 2.75) is 40.7 Å². The fourth-order valence-electron chi connectivity index (χ4n) is 2.61. The molecule has 0 heterocycles. The molecule has 0 aliphatic carbocycles. The first-order valence-electron chi connectivity index (χ1n) is 8.88.